The van der Waals surface area contributed by atoms with E-state index in [2.05, 4.69) is 19.3 Å². The first-order chi connectivity index (χ1) is 8.02. The molecule has 0 bridgehead atoms. The topological polar surface area (TPSA) is 38.0 Å². The van der Waals surface area contributed by atoms with Crippen molar-refractivity contribution in [2.24, 2.45) is 5.84 Å². The normalized spacial score (nSPS) is 13.1. The van der Waals surface area contributed by atoms with Gasteiger partial charge in [-0.3, -0.25) is 11.3 Å². The lowest BCUT2D eigenvalue weighted by Crippen LogP contribution is -2.39. The van der Waals surface area contributed by atoms with Crippen molar-refractivity contribution in [2.45, 2.75) is 31.6 Å². The van der Waals surface area contributed by atoms with E-state index in [-0.39, 0.29) is 11.9 Å². The van der Waals surface area contributed by atoms with E-state index in [0.29, 0.717) is 16.7 Å². The third-order valence-electron chi connectivity index (χ3n) is 2.35. The Morgan fingerprint density at radius 2 is 2.18 bits per heavy atom. The monoisotopic (exact) mass is 276 g/mol. The van der Waals surface area contributed by atoms with Crippen LogP contribution in [0, 0.1) is 5.82 Å². The number of hydrogen-bond donors (Lipinski definition) is 2. The molecule has 0 aliphatic heterocycles. The lowest BCUT2D eigenvalue weighted by molar-refractivity contribution is 0.573. The van der Waals surface area contributed by atoms with Crippen LogP contribution >= 0.6 is 23.4 Å². The largest absolute Gasteiger partial charge is 0.271 e. The fourth-order valence-corrected chi connectivity index (χ4v) is 2.50. The Morgan fingerprint density at radius 1 is 1.47 bits per heavy atom. The van der Waals surface area contributed by atoms with Gasteiger partial charge in [0.2, 0.25) is 0 Å². The molecule has 0 saturated carbocycles. The van der Waals surface area contributed by atoms with E-state index in [4.69, 9.17) is 17.4 Å². The van der Waals surface area contributed by atoms with Crippen LogP contribution in [0.1, 0.15) is 19.4 Å². The Bertz CT molecular complexity index is 360. The number of nitrogens with one attached hydrogen (secondary N) is 1. The first-order valence-corrected chi connectivity index (χ1v) is 6.97. The molecule has 0 aromatic heterocycles. The molecule has 2 nitrogen and oxygen atoms in total. The third-order valence-corrected chi connectivity index (χ3v) is 3.96. The Labute approximate surface area is 111 Å². The molecule has 1 aromatic carbocycles. The van der Waals surface area contributed by atoms with Crippen LogP contribution in [0.3, 0.4) is 0 Å². The summed E-state index contributed by atoms with van der Waals surface area (Å²) in [6.45, 7) is 4.28. The number of halogens is 2. The third kappa shape index (κ3) is 5.25. The highest BCUT2D eigenvalue weighted by Crippen LogP contribution is 2.20. The van der Waals surface area contributed by atoms with Gasteiger partial charge in [0.15, 0.2) is 0 Å². The van der Waals surface area contributed by atoms with Crippen LogP contribution in [0.15, 0.2) is 18.2 Å². The number of benzene rings is 1. The minimum atomic E-state index is -0.312. The molecule has 3 N–H and O–H groups in total. The molecule has 1 rings (SSSR count). The molecule has 0 aliphatic rings. The lowest BCUT2D eigenvalue weighted by Gasteiger charge is -2.17. The maximum absolute atomic E-state index is 12.9. The molecule has 96 valence electrons. The van der Waals surface area contributed by atoms with Crippen LogP contribution in [0.2, 0.25) is 5.02 Å². The SMILES string of the molecule is CC(C)SCC(Cc1ccc(F)cc1Cl)NN. The maximum atomic E-state index is 12.9. The van der Waals surface area contributed by atoms with Gasteiger partial charge in [-0.15, -0.1) is 0 Å². The van der Waals surface area contributed by atoms with Gasteiger partial charge < -0.3 is 0 Å². The summed E-state index contributed by atoms with van der Waals surface area (Å²) in [6, 6.07) is 4.61. The van der Waals surface area contributed by atoms with Gasteiger partial charge >= 0.3 is 0 Å². The second-order valence-electron chi connectivity index (χ2n) is 4.19. The van der Waals surface area contributed by atoms with Crippen LogP contribution in [-0.4, -0.2) is 17.0 Å². The first kappa shape index (κ1) is 14.8. The molecule has 0 spiro atoms. The summed E-state index contributed by atoms with van der Waals surface area (Å²) in [7, 11) is 0. The summed E-state index contributed by atoms with van der Waals surface area (Å²) in [5.41, 5.74) is 3.69. The first-order valence-electron chi connectivity index (χ1n) is 5.54. The van der Waals surface area contributed by atoms with Crippen molar-refractivity contribution >= 4 is 23.4 Å². The lowest BCUT2D eigenvalue weighted by atomic mass is 10.1. The highest BCUT2D eigenvalue weighted by Gasteiger charge is 2.11. The molecule has 1 aromatic rings. The highest BCUT2D eigenvalue weighted by molar-refractivity contribution is 7.99. The summed E-state index contributed by atoms with van der Waals surface area (Å²) in [5, 5.41) is 1.02. The zero-order valence-corrected chi connectivity index (χ0v) is 11.6. The summed E-state index contributed by atoms with van der Waals surface area (Å²) < 4.78 is 12.9. The summed E-state index contributed by atoms with van der Waals surface area (Å²) in [6.07, 6.45) is 0.704. The number of hydrazine groups is 1. The second kappa shape index (κ2) is 7.21. The summed E-state index contributed by atoms with van der Waals surface area (Å²) >= 11 is 7.81. The minimum Gasteiger partial charge on any atom is -0.271 e. The molecule has 1 atom stereocenters. The Morgan fingerprint density at radius 3 is 2.71 bits per heavy atom. The average Bonchev–Trinajstić information content (AvgIpc) is 2.26. The van der Waals surface area contributed by atoms with Crippen LogP contribution in [0.4, 0.5) is 4.39 Å². The van der Waals surface area contributed by atoms with Crippen LogP contribution in [-0.2, 0) is 6.42 Å². The van der Waals surface area contributed by atoms with E-state index < -0.39 is 0 Å². The molecular weight excluding hydrogens is 259 g/mol. The van der Waals surface area contributed by atoms with Crippen LogP contribution in [0.5, 0.6) is 0 Å². The molecule has 0 aliphatic carbocycles. The van der Waals surface area contributed by atoms with E-state index in [1.807, 2.05) is 11.8 Å². The van der Waals surface area contributed by atoms with Gasteiger partial charge in [0, 0.05) is 16.8 Å². The molecule has 5 heteroatoms. The van der Waals surface area contributed by atoms with Gasteiger partial charge in [-0.2, -0.15) is 11.8 Å². The zero-order valence-electron chi connectivity index (χ0n) is 10.0. The zero-order chi connectivity index (χ0) is 12.8. The summed E-state index contributed by atoms with van der Waals surface area (Å²) in [5.74, 6) is 6.10. The Balaban J connectivity index is 2.60. The van der Waals surface area contributed by atoms with E-state index >= 15 is 0 Å². The van der Waals surface area contributed by atoms with E-state index in [9.17, 15) is 4.39 Å². The molecule has 0 amide bonds. The van der Waals surface area contributed by atoms with Gasteiger partial charge in [0.05, 0.1) is 0 Å². The molecule has 0 radical (unpaired) electrons. The van der Waals surface area contributed by atoms with Gasteiger partial charge in [0.1, 0.15) is 5.82 Å². The van der Waals surface area contributed by atoms with Crippen molar-refractivity contribution in [3.8, 4) is 0 Å². The number of thioether (sulfide) groups is 1. The Kier molecular flexibility index (Phi) is 6.27. The molecule has 17 heavy (non-hydrogen) atoms. The quantitative estimate of drug-likeness (QED) is 0.620. The average molecular weight is 277 g/mol. The van der Waals surface area contributed by atoms with Gasteiger partial charge in [-0.1, -0.05) is 31.5 Å². The van der Waals surface area contributed by atoms with Crippen LogP contribution < -0.4 is 11.3 Å². The van der Waals surface area contributed by atoms with Crippen molar-refractivity contribution in [1.82, 2.24) is 5.43 Å². The fraction of sp³-hybridized carbons (Fsp3) is 0.500. The van der Waals surface area contributed by atoms with Crippen molar-refractivity contribution in [3.63, 3.8) is 0 Å². The Hall–Kier alpha value is -0.290. The standard InChI is InChI=1S/C12H18ClFN2S/c1-8(2)17-7-11(16-15)5-9-3-4-10(14)6-12(9)13/h3-4,6,8,11,16H,5,7,15H2,1-2H3. The molecule has 0 saturated heterocycles. The van der Waals surface area contributed by atoms with Gasteiger partial charge in [0.25, 0.3) is 0 Å². The molecule has 0 heterocycles. The summed E-state index contributed by atoms with van der Waals surface area (Å²) in [4.78, 5) is 0. The second-order valence-corrected chi connectivity index (χ2v) is 6.20. The smallest absolute Gasteiger partial charge is 0.124 e. The van der Waals surface area contributed by atoms with Crippen molar-refractivity contribution < 1.29 is 4.39 Å². The van der Waals surface area contributed by atoms with E-state index in [0.717, 1.165) is 11.3 Å². The van der Waals surface area contributed by atoms with Gasteiger partial charge in [-0.05, 0) is 29.4 Å². The molecular formula is C12H18ClFN2S. The minimum absolute atomic E-state index is 0.144. The number of nitrogens with two attached hydrogens (primary N) is 1. The van der Waals surface area contributed by atoms with Crippen molar-refractivity contribution in [1.29, 1.82) is 0 Å². The van der Waals surface area contributed by atoms with Crippen LogP contribution in [0.25, 0.3) is 0 Å². The molecule has 0 fully saturated rings. The molecule has 1 unspecified atom stereocenters. The fourth-order valence-electron chi connectivity index (χ4n) is 1.43. The number of rotatable bonds is 6. The van der Waals surface area contributed by atoms with Crippen molar-refractivity contribution in [3.05, 3.63) is 34.6 Å². The predicted molar refractivity (Wildman–Crippen MR) is 73.8 cm³/mol. The predicted octanol–water partition coefficient (Wildman–Crippen LogP) is 3.00. The highest BCUT2D eigenvalue weighted by atomic mass is 35.5. The van der Waals surface area contributed by atoms with E-state index in [1.165, 1.54) is 12.1 Å². The van der Waals surface area contributed by atoms with Gasteiger partial charge in [-0.25, -0.2) is 4.39 Å². The maximum Gasteiger partial charge on any atom is 0.124 e. The number of hydrogen-bond acceptors (Lipinski definition) is 3. The van der Waals surface area contributed by atoms with E-state index in [1.54, 1.807) is 6.07 Å². The van der Waals surface area contributed by atoms with Crippen molar-refractivity contribution in [2.75, 3.05) is 5.75 Å².